The number of nitrogens with zero attached hydrogens (tertiary/aromatic N) is 1. The van der Waals surface area contributed by atoms with Crippen molar-refractivity contribution in [1.82, 2.24) is 10.7 Å². The molecule has 1 fully saturated rings. The number of guanidine groups is 1. The Kier molecular flexibility index (Phi) is 3.87. The predicted molar refractivity (Wildman–Crippen MR) is 58.8 cm³/mol. The van der Waals surface area contributed by atoms with Crippen LogP contribution in [0.2, 0.25) is 0 Å². The summed E-state index contributed by atoms with van der Waals surface area (Å²) in [4.78, 5) is 3.96. The lowest BCUT2D eigenvalue weighted by Gasteiger charge is -2.23. The van der Waals surface area contributed by atoms with Crippen molar-refractivity contribution in [1.29, 1.82) is 0 Å². The molecule has 13 heavy (non-hydrogen) atoms. The average molecular weight is 202 g/mol. The van der Waals surface area contributed by atoms with Crippen molar-refractivity contribution < 1.29 is 0 Å². The molecule has 1 aliphatic heterocycles. The Labute approximate surface area is 83.7 Å². The molecule has 0 radical (unpaired) electrons. The Morgan fingerprint density at radius 3 is 2.92 bits per heavy atom. The minimum atomic E-state index is 0.354. The first-order valence-corrected chi connectivity index (χ1v) is 5.50. The zero-order chi connectivity index (χ0) is 9.73. The molecule has 0 amide bonds. The normalized spacial score (nSPS) is 29.0. The average Bonchev–Trinajstić information content (AvgIpc) is 2.55. The zero-order valence-corrected chi connectivity index (χ0v) is 9.08. The van der Waals surface area contributed by atoms with Gasteiger partial charge in [0.05, 0.1) is 0 Å². The summed E-state index contributed by atoms with van der Waals surface area (Å²) in [5.74, 6) is 7.19. The minimum absolute atomic E-state index is 0.354. The van der Waals surface area contributed by atoms with Crippen LogP contribution >= 0.6 is 11.8 Å². The Morgan fingerprint density at radius 1 is 1.69 bits per heavy atom. The van der Waals surface area contributed by atoms with Crippen LogP contribution in [0.1, 0.15) is 19.8 Å². The van der Waals surface area contributed by atoms with Crippen molar-refractivity contribution in [3.05, 3.63) is 0 Å². The van der Waals surface area contributed by atoms with Gasteiger partial charge in [-0.2, -0.15) is 11.8 Å². The van der Waals surface area contributed by atoms with Gasteiger partial charge in [0.15, 0.2) is 0 Å². The fraction of sp³-hybridized carbons (Fsp3) is 0.875. The lowest BCUT2D eigenvalue weighted by atomic mass is 10.1. The molecule has 0 bridgehead atoms. The summed E-state index contributed by atoms with van der Waals surface area (Å²) in [5, 5.41) is 3.19. The van der Waals surface area contributed by atoms with E-state index < -0.39 is 0 Å². The highest BCUT2D eigenvalue weighted by Crippen LogP contribution is 2.36. The molecule has 0 saturated carbocycles. The van der Waals surface area contributed by atoms with Gasteiger partial charge in [0.25, 0.3) is 0 Å². The highest BCUT2D eigenvalue weighted by atomic mass is 32.2. The number of hydrogen-bond donors (Lipinski definition) is 3. The smallest absolute Gasteiger partial charge is 0.205 e. The lowest BCUT2D eigenvalue weighted by Crippen LogP contribution is -2.46. The SMILES string of the molecule is CN=C(NN)NCC1(C)CCCS1. The van der Waals surface area contributed by atoms with Gasteiger partial charge in [-0.1, -0.05) is 0 Å². The summed E-state index contributed by atoms with van der Waals surface area (Å²) in [7, 11) is 1.71. The van der Waals surface area contributed by atoms with Gasteiger partial charge >= 0.3 is 0 Å². The number of nitrogens with one attached hydrogen (secondary N) is 2. The van der Waals surface area contributed by atoms with E-state index in [4.69, 9.17) is 5.84 Å². The van der Waals surface area contributed by atoms with Crippen LogP contribution in [0, 0.1) is 0 Å². The van der Waals surface area contributed by atoms with Crippen LogP contribution in [0.15, 0.2) is 4.99 Å². The maximum absolute atomic E-state index is 5.26. The second-order valence-electron chi connectivity index (χ2n) is 3.47. The topological polar surface area (TPSA) is 62.4 Å². The summed E-state index contributed by atoms with van der Waals surface area (Å²) in [6.07, 6.45) is 2.59. The van der Waals surface area contributed by atoms with Crippen LogP contribution < -0.4 is 16.6 Å². The van der Waals surface area contributed by atoms with Crippen molar-refractivity contribution in [3.8, 4) is 0 Å². The van der Waals surface area contributed by atoms with Crippen molar-refractivity contribution in [3.63, 3.8) is 0 Å². The zero-order valence-electron chi connectivity index (χ0n) is 8.26. The third-order valence-electron chi connectivity index (χ3n) is 2.29. The van der Waals surface area contributed by atoms with Gasteiger partial charge in [-0.25, -0.2) is 5.84 Å². The molecule has 0 aromatic heterocycles. The molecule has 0 spiro atoms. The van der Waals surface area contributed by atoms with Gasteiger partial charge in [-0.3, -0.25) is 10.4 Å². The molecule has 1 atom stereocenters. The van der Waals surface area contributed by atoms with Crippen molar-refractivity contribution in [2.75, 3.05) is 19.3 Å². The third kappa shape index (κ3) is 3.08. The Balaban J connectivity index is 2.32. The monoisotopic (exact) mass is 202 g/mol. The Morgan fingerprint density at radius 2 is 2.46 bits per heavy atom. The van der Waals surface area contributed by atoms with E-state index in [9.17, 15) is 0 Å². The van der Waals surface area contributed by atoms with E-state index >= 15 is 0 Å². The molecule has 5 heteroatoms. The van der Waals surface area contributed by atoms with Crippen molar-refractivity contribution in [2.45, 2.75) is 24.5 Å². The van der Waals surface area contributed by atoms with E-state index in [1.165, 1.54) is 18.6 Å². The molecule has 1 unspecified atom stereocenters. The van der Waals surface area contributed by atoms with Crippen LogP contribution in [-0.2, 0) is 0 Å². The van der Waals surface area contributed by atoms with Crippen LogP contribution in [0.4, 0.5) is 0 Å². The lowest BCUT2D eigenvalue weighted by molar-refractivity contribution is 0.585. The fourth-order valence-corrected chi connectivity index (χ4v) is 2.69. The first-order chi connectivity index (χ1) is 6.20. The first-order valence-electron chi connectivity index (χ1n) is 4.51. The van der Waals surface area contributed by atoms with E-state index in [1.54, 1.807) is 7.05 Å². The molecule has 1 saturated heterocycles. The van der Waals surface area contributed by atoms with Crippen LogP contribution in [-0.4, -0.2) is 30.1 Å². The number of aliphatic imine (C=N–C) groups is 1. The van der Waals surface area contributed by atoms with E-state index in [0.717, 1.165) is 6.54 Å². The van der Waals surface area contributed by atoms with Crippen molar-refractivity contribution >= 4 is 17.7 Å². The molecular formula is C8H18N4S. The van der Waals surface area contributed by atoms with Gasteiger partial charge in [0.2, 0.25) is 5.96 Å². The molecule has 4 nitrogen and oxygen atoms in total. The molecule has 0 aliphatic carbocycles. The third-order valence-corrected chi connectivity index (χ3v) is 3.83. The highest BCUT2D eigenvalue weighted by Gasteiger charge is 2.29. The number of thioether (sulfide) groups is 1. The summed E-state index contributed by atoms with van der Waals surface area (Å²) < 4.78 is 0.354. The fourth-order valence-electron chi connectivity index (χ4n) is 1.44. The number of nitrogens with two attached hydrogens (primary N) is 1. The van der Waals surface area contributed by atoms with Crippen molar-refractivity contribution in [2.24, 2.45) is 10.8 Å². The quantitative estimate of drug-likeness (QED) is 0.261. The van der Waals surface area contributed by atoms with Gasteiger partial charge in [0, 0.05) is 18.3 Å². The second kappa shape index (κ2) is 4.72. The molecular weight excluding hydrogens is 184 g/mol. The molecule has 76 valence electrons. The summed E-state index contributed by atoms with van der Waals surface area (Å²) >= 11 is 2.02. The maximum atomic E-state index is 5.26. The van der Waals surface area contributed by atoms with Crippen LogP contribution in [0.5, 0.6) is 0 Å². The van der Waals surface area contributed by atoms with E-state index in [1.807, 2.05) is 11.8 Å². The summed E-state index contributed by atoms with van der Waals surface area (Å²) in [6, 6.07) is 0. The van der Waals surface area contributed by atoms with Gasteiger partial charge < -0.3 is 5.32 Å². The van der Waals surface area contributed by atoms with Gasteiger partial charge in [-0.15, -0.1) is 0 Å². The maximum Gasteiger partial charge on any atom is 0.205 e. The number of hydrogen-bond acceptors (Lipinski definition) is 3. The Hall–Kier alpha value is -0.420. The molecule has 4 N–H and O–H groups in total. The first kappa shape index (κ1) is 10.7. The molecule has 1 rings (SSSR count). The highest BCUT2D eigenvalue weighted by molar-refractivity contribution is 8.00. The molecule has 1 heterocycles. The Bertz CT molecular complexity index is 187. The second-order valence-corrected chi connectivity index (χ2v) is 5.15. The van der Waals surface area contributed by atoms with Gasteiger partial charge in [-0.05, 0) is 25.5 Å². The summed E-state index contributed by atoms with van der Waals surface area (Å²) in [5.41, 5.74) is 2.52. The molecule has 0 aromatic carbocycles. The largest absolute Gasteiger partial charge is 0.354 e. The van der Waals surface area contributed by atoms with Gasteiger partial charge in [0.1, 0.15) is 0 Å². The number of hydrazine groups is 1. The molecule has 0 aromatic rings. The standard InChI is InChI=1S/C8H18N4S/c1-8(4-3-5-13-8)6-11-7(10-2)12-9/h3-6,9H2,1-2H3,(H2,10,11,12). The molecule has 1 aliphatic rings. The van der Waals surface area contributed by atoms with E-state index in [0.29, 0.717) is 10.7 Å². The van der Waals surface area contributed by atoms with Crippen LogP contribution in [0.25, 0.3) is 0 Å². The number of rotatable bonds is 2. The van der Waals surface area contributed by atoms with Crippen LogP contribution in [0.3, 0.4) is 0 Å². The van der Waals surface area contributed by atoms with E-state index in [-0.39, 0.29) is 0 Å². The predicted octanol–water partition coefficient (Wildman–Crippen LogP) is 0.311. The minimum Gasteiger partial charge on any atom is -0.354 e. The van der Waals surface area contributed by atoms with E-state index in [2.05, 4.69) is 22.7 Å². The summed E-state index contributed by atoms with van der Waals surface area (Å²) in [6.45, 7) is 3.20.